The molecule has 100 valence electrons. The monoisotopic (exact) mass is 273 g/mol. The van der Waals surface area contributed by atoms with Crippen LogP contribution in [0.3, 0.4) is 0 Å². The number of hydrogen-bond donors (Lipinski definition) is 1. The van der Waals surface area contributed by atoms with Crippen LogP contribution in [0, 0.1) is 5.92 Å². The molecule has 1 N–H and O–H groups in total. The van der Waals surface area contributed by atoms with Gasteiger partial charge < -0.3 is 5.11 Å². The van der Waals surface area contributed by atoms with Crippen LogP contribution in [0.2, 0.25) is 0 Å². The maximum atomic E-state index is 10.5. The zero-order valence-electron chi connectivity index (χ0n) is 11.0. The first kappa shape index (κ1) is 12.8. The van der Waals surface area contributed by atoms with Crippen molar-refractivity contribution >= 4 is 11.3 Å². The van der Waals surface area contributed by atoms with E-state index in [1.807, 2.05) is 24.4 Å². The fourth-order valence-corrected chi connectivity index (χ4v) is 3.82. The summed E-state index contributed by atoms with van der Waals surface area (Å²) < 4.78 is 0. The molecule has 1 saturated carbocycles. The molecule has 0 radical (unpaired) electrons. The number of hydrogen-bond acceptors (Lipinski definition) is 3. The summed E-state index contributed by atoms with van der Waals surface area (Å²) in [5.74, 6) is 0.429. The Kier molecular flexibility index (Phi) is 3.95. The first-order valence-corrected chi connectivity index (χ1v) is 7.85. The van der Waals surface area contributed by atoms with Crippen LogP contribution < -0.4 is 0 Å². The van der Waals surface area contributed by atoms with E-state index in [0.717, 1.165) is 28.3 Å². The van der Waals surface area contributed by atoms with E-state index in [2.05, 4.69) is 17.1 Å². The van der Waals surface area contributed by atoms with Gasteiger partial charge >= 0.3 is 0 Å². The Bertz CT molecular complexity index is 517. The number of aliphatic hydroxyl groups excluding tert-OH is 1. The average Bonchev–Trinajstić information content (AvgIpc) is 2.98. The molecule has 1 aromatic carbocycles. The second-order valence-electron chi connectivity index (χ2n) is 5.28. The van der Waals surface area contributed by atoms with Crippen LogP contribution in [0.15, 0.2) is 36.5 Å². The van der Waals surface area contributed by atoms with E-state index < -0.39 is 0 Å². The van der Waals surface area contributed by atoms with Crippen LogP contribution in [-0.4, -0.2) is 10.1 Å². The lowest BCUT2D eigenvalue weighted by atomic mass is 9.85. The second-order valence-corrected chi connectivity index (χ2v) is 6.34. The summed E-state index contributed by atoms with van der Waals surface area (Å²) in [7, 11) is 0. The number of benzene rings is 1. The van der Waals surface area contributed by atoms with Crippen LogP contribution in [-0.2, 0) is 0 Å². The Morgan fingerprint density at radius 3 is 2.58 bits per heavy atom. The van der Waals surface area contributed by atoms with Crippen molar-refractivity contribution in [3.05, 3.63) is 41.4 Å². The summed E-state index contributed by atoms with van der Waals surface area (Å²) in [6.45, 7) is 0. The number of nitrogens with zero attached hydrogens (tertiary/aromatic N) is 1. The van der Waals surface area contributed by atoms with E-state index in [-0.39, 0.29) is 6.10 Å². The van der Waals surface area contributed by atoms with Gasteiger partial charge in [-0.05, 0) is 18.8 Å². The molecule has 19 heavy (non-hydrogen) atoms. The molecule has 3 heteroatoms. The lowest BCUT2D eigenvalue weighted by Gasteiger charge is -2.25. The van der Waals surface area contributed by atoms with Crippen molar-refractivity contribution in [2.75, 3.05) is 0 Å². The molecule has 0 bridgehead atoms. The van der Waals surface area contributed by atoms with Gasteiger partial charge in [-0.15, -0.1) is 11.3 Å². The Labute approximate surface area is 118 Å². The molecule has 3 rings (SSSR count). The predicted molar refractivity (Wildman–Crippen MR) is 79.1 cm³/mol. The molecular formula is C16H19NOS. The zero-order chi connectivity index (χ0) is 13.1. The standard InChI is InChI=1S/C16H19NOS/c18-15(12-7-3-1-4-8-12)14-11-17-16(19-14)13-9-5-2-6-10-13/h2,5-6,9-12,15,18H,1,3-4,7-8H2. The highest BCUT2D eigenvalue weighted by Gasteiger charge is 2.24. The van der Waals surface area contributed by atoms with E-state index in [1.165, 1.54) is 19.3 Å². The quantitative estimate of drug-likeness (QED) is 0.897. The Hall–Kier alpha value is -1.19. The maximum Gasteiger partial charge on any atom is 0.123 e. The Balaban J connectivity index is 1.77. The molecule has 1 atom stereocenters. The van der Waals surface area contributed by atoms with Crippen LogP contribution in [0.25, 0.3) is 10.6 Å². The van der Waals surface area contributed by atoms with Gasteiger partial charge in [0.15, 0.2) is 0 Å². The summed E-state index contributed by atoms with van der Waals surface area (Å²) in [5.41, 5.74) is 1.13. The fraction of sp³-hybridized carbons (Fsp3) is 0.438. The highest BCUT2D eigenvalue weighted by molar-refractivity contribution is 7.15. The van der Waals surface area contributed by atoms with Crippen molar-refractivity contribution < 1.29 is 5.11 Å². The molecule has 1 fully saturated rings. The van der Waals surface area contributed by atoms with Crippen molar-refractivity contribution in [1.82, 2.24) is 4.98 Å². The van der Waals surface area contributed by atoms with Crippen molar-refractivity contribution in [3.8, 4) is 10.6 Å². The van der Waals surface area contributed by atoms with Crippen LogP contribution in [0.1, 0.15) is 43.1 Å². The minimum atomic E-state index is -0.324. The normalized spacial score (nSPS) is 18.4. The van der Waals surface area contributed by atoms with E-state index in [1.54, 1.807) is 11.3 Å². The lowest BCUT2D eigenvalue weighted by molar-refractivity contribution is 0.0877. The molecule has 0 aliphatic heterocycles. The summed E-state index contributed by atoms with van der Waals surface area (Å²) in [5, 5.41) is 11.5. The molecule has 1 unspecified atom stereocenters. The molecule has 1 aliphatic carbocycles. The third-order valence-corrected chi connectivity index (χ3v) is 5.05. The smallest absolute Gasteiger partial charge is 0.123 e. The van der Waals surface area contributed by atoms with Gasteiger partial charge in [-0.2, -0.15) is 0 Å². The van der Waals surface area contributed by atoms with E-state index in [0.29, 0.717) is 5.92 Å². The van der Waals surface area contributed by atoms with Gasteiger partial charge in [0.05, 0.1) is 11.0 Å². The molecule has 0 saturated heterocycles. The van der Waals surface area contributed by atoms with Gasteiger partial charge in [-0.1, -0.05) is 49.6 Å². The van der Waals surface area contributed by atoms with Crippen molar-refractivity contribution in [2.24, 2.45) is 5.92 Å². The number of aromatic nitrogens is 1. The predicted octanol–water partition coefficient (Wildman–Crippen LogP) is 4.42. The van der Waals surface area contributed by atoms with Crippen LogP contribution in [0.5, 0.6) is 0 Å². The van der Waals surface area contributed by atoms with Crippen molar-refractivity contribution in [3.63, 3.8) is 0 Å². The number of aliphatic hydroxyl groups is 1. The van der Waals surface area contributed by atoms with Crippen LogP contribution in [0.4, 0.5) is 0 Å². The summed E-state index contributed by atoms with van der Waals surface area (Å²) >= 11 is 1.63. The molecule has 2 aromatic rings. The zero-order valence-corrected chi connectivity index (χ0v) is 11.8. The summed E-state index contributed by atoms with van der Waals surface area (Å²) in [4.78, 5) is 5.48. The van der Waals surface area contributed by atoms with Gasteiger partial charge in [-0.3, -0.25) is 0 Å². The first-order chi connectivity index (χ1) is 9.34. The Morgan fingerprint density at radius 1 is 1.11 bits per heavy atom. The van der Waals surface area contributed by atoms with E-state index in [4.69, 9.17) is 0 Å². The fourth-order valence-electron chi connectivity index (χ4n) is 2.82. The van der Waals surface area contributed by atoms with Crippen LogP contribution >= 0.6 is 11.3 Å². The Morgan fingerprint density at radius 2 is 1.84 bits per heavy atom. The van der Waals surface area contributed by atoms with Gasteiger partial charge in [0, 0.05) is 11.8 Å². The second kappa shape index (κ2) is 5.85. The van der Waals surface area contributed by atoms with Crippen molar-refractivity contribution in [2.45, 2.75) is 38.2 Å². The minimum absolute atomic E-state index is 0.324. The van der Waals surface area contributed by atoms with E-state index >= 15 is 0 Å². The number of rotatable bonds is 3. The molecule has 0 spiro atoms. The SMILES string of the molecule is OC(c1cnc(-c2ccccc2)s1)C1CCCCC1. The third-order valence-electron chi connectivity index (χ3n) is 3.93. The summed E-state index contributed by atoms with van der Waals surface area (Å²) in [6, 6.07) is 10.2. The third kappa shape index (κ3) is 2.88. The first-order valence-electron chi connectivity index (χ1n) is 7.04. The number of thiazole rings is 1. The highest BCUT2D eigenvalue weighted by atomic mass is 32.1. The maximum absolute atomic E-state index is 10.5. The minimum Gasteiger partial charge on any atom is -0.387 e. The summed E-state index contributed by atoms with van der Waals surface area (Å²) in [6.07, 6.45) is 7.67. The lowest BCUT2D eigenvalue weighted by Crippen LogP contribution is -2.14. The molecular weight excluding hydrogens is 254 g/mol. The average molecular weight is 273 g/mol. The molecule has 0 amide bonds. The van der Waals surface area contributed by atoms with E-state index in [9.17, 15) is 5.11 Å². The van der Waals surface area contributed by atoms with Gasteiger partial charge in [-0.25, -0.2) is 4.98 Å². The largest absolute Gasteiger partial charge is 0.387 e. The molecule has 2 nitrogen and oxygen atoms in total. The molecule has 1 aliphatic rings. The highest BCUT2D eigenvalue weighted by Crippen LogP contribution is 2.37. The molecule has 1 heterocycles. The van der Waals surface area contributed by atoms with Gasteiger partial charge in [0.25, 0.3) is 0 Å². The van der Waals surface area contributed by atoms with Crippen molar-refractivity contribution in [1.29, 1.82) is 0 Å². The topological polar surface area (TPSA) is 33.1 Å². The molecule has 1 aromatic heterocycles. The van der Waals surface area contributed by atoms with Gasteiger partial charge in [0.1, 0.15) is 5.01 Å². The van der Waals surface area contributed by atoms with Gasteiger partial charge in [0.2, 0.25) is 0 Å².